The zero-order valence-corrected chi connectivity index (χ0v) is 10.8. The molecule has 0 spiro atoms. The molecule has 17 heavy (non-hydrogen) atoms. The van der Waals surface area contributed by atoms with E-state index in [1.165, 1.54) is 7.11 Å². The normalized spacial score (nSPS) is 11.9. The van der Waals surface area contributed by atoms with Crippen LogP contribution in [-0.4, -0.2) is 19.1 Å². The van der Waals surface area contributed by atoms with Gasteiger partial charge in [-0.3, -0.25) is 0 Å². The van der Waals surface area contributed by atoms with Gasteiger partial charge in [0.05, 0.1) is 12.7 Å². The molecule has 0 saturated carbocycles. The Morgan fingerprint density at radius 1 is 1.35 bits per heavy atom. The third-order valence-corrected chi connectivity index (χ3v) is 2.82. The lowest BCUT2D eigenvalue weighted by molar-refractivity contribution is 0.0602. The van der Waals surface area contributed by atoms with Crippen LogP contribution in [0.2, 0.25) is 0 Å². The fourth-order valence-corrected chi connectivity index (χ4v) is 1.84. The van der Waals surface area contributed by atoms with E-state index in [4.69, 9.17) is 4.74 Å². The number of hydrogen-bond donors (Lipinski definition) is 1. The van der Waals surface area contributed by atoms with Crippen LogP contribution < -0.4 is 5.32 Å². The summed E-state index contributed by atoms with van der Waals surface area (Å²) in [7, 11) is 1.41. The van der Waals surface area contributed by atoms with E-state index in [1.807, 2.05) is 18.2 Å². The highest BCUT2D eigenvalue weighted by Crippen LogP contribution is 2.19. The van der Waals surface area contributed by atoms with E-state index in [9.17, 15) is 4.79 Å². The number of para-hydroxylation sites is 1. The highest BCUT2D eigenvalue weighted by atomic mass is 16.5. The highest BCUT2D eigenvalue weighted by molar-refractivity contribution is 5.95. The summed E-state index contributed by atoms with van der Waals surface area (Å²) >= 11 is 0. The molecule has 3 nitrogen and oxygen atoms in total. The van der Waals surface area contributed by atoms with Gasteiger partial charge in [0.1, 0.15) is 0 Å². The summed E-state index contributed by atoms with van der Waals surface area (Å²) in [6, 6.07) is 7.88. The lowest BCUT2D eigenvalue weighted by Gasteiger charge is -2.19. The molecule has 94 valence electrons. The first kappa shape index (κ1) is 13.6. The van der Waals surface area contributed by atoms with Crippen molar-refractivity contribution in [3.63, 3.8) is 0 Å². The number of benzene rings is 1. The zero-order chi connectivity index (χ0) is 12.7. The SMILES string of the molecule is CCCC(CC)Nc1ccccc1C(=O)OC. The van der Waals surface area contributed by atoms with Gasteiger partial charge in [-0.15, -0.1) is 0 Å². The number of rotatable bonds is 6. The maximum absolute atomic E-state index is 11.6. The van der Waals surface area contributed by atoms with Crippen molar-refractivity contribution in [2.45, 2.75) is 39.2 Å². The molecule has 3 heteroatoms. The van der Waals surface area contributed by atoms with Crippen LogP contribution in [0.25, 0.3) is 0 Å². The molecule has 0 radical (unpaired) electrons. The van der Waals surface area contributed by atoms with E-state index in [-0.39, 0.29) is 5.97 Å². The van der Waals surface area contributed by atoms with Gasteiger partial charge in [-0.25, -0.2) is 4.79 Å². The number of methoxy groups -OCH3 is 1. The summed E-state index contributed by atoms with van der Waals surface area (Å²) in [5, 5.41) is 3.41. The first-order chi connectivity index (χ1) is 8.22. The number of hydrogen-bond acceptors (Lipinski definition) is 3. The quantitative estimate of drug-likeness (QED) is 0.767. The topological polar surface area (TPSA) is 38.3 Å². The largest absolute Gasteiger partial charge is 0.465 e. The third kappa shape index (κ3) is 3.77. The summed E-state index contributed by atoms with van der Waals surface area (Å²) in [5.74, 6) is -0.292. The van der Waals surface area contributed by atoms with Crippen LogP contribution in [-0.2, 0) is 4.74 Å². The van der Waals surface area contributed by atoms with E-state index in [0.717, 1.165) is 24.9 Å². The Bertz CT molecular complexity index is 363. The average Bonchev–Trinajstić information content (AvgIpc) is 2.38. The molecule has 1 aromatic rings. The Hall–Kier alpha value is -1.51. The van der Waals surface area contributed by atoms with Gasteiger partial charge in [-0.1, -0.05) is 32.4 Å². The predicted octanol–water partition coefficient (Wildman–Crippen LogP) is 3.46. The van der Waals surface area contributed by atoms with Crippen molar-refractivity contribution in [1.82, 2.24) is 0 Å². The molecule has 1 aromatic carbocycles. The van der Waals surface area contributed by atoms with Crippen molar-refractivity contribution < 1.29 is 9.53 Å². The molecule has 0 aliphatic rings. The van der Waals surface area contributed by atoms with Crippen LogP contribution in [0.3, 0.4) is 0 Å². The van der Waals surface area contributed by atoms with E-state index < -0.39 is 0 Å². The van der Waals surface area contributed by atoms with Crippen molar-refractivity contribution in [2.24, 2.45) is 0 Å². The van der Waals surface area contributed by atoms with Gasteiger partial charge >= 0.3 is 5.97 Å². The van der Waals surface area contributed by atoms with Gasteiger partial charge in [0.25, 0.3) is 0 Å². The molecule has 0 saturated heterocycles. The highest BCUT2D eigenvalue weighted by Gasteiger charge is 2.13. The van der Waals surface area contributed by atoms with Crippen molar-refractivity contribution in [1.29, 1.82) is 0 Å². The summed E-state index contributed by atoms with van der Waals surface area (Å²) < 4.78 is 4.77. The molecule has 0 aliphatic carbocycles. The molecule has 1 N–H and O–H groups in total. The molecule has 0 aliphatic heterocycles. The minimum atomic E-state index is -0.292. The van der Waals surface area contributed by atoms with E-state index >= 15 is 0 Å². The van der Waals surface area contributed by atoms with Crippen molar-refractivity contribution in [2.75, 3.05) is 12.4 Å². The van der Waals surface area contributed by atoms with Crippen LogP contribution >= 0.6 is 0 Å². The minimum Gasteiger partial charge on any atom is -0.465 e. The number of carbonyl (C=O) groups is 1. The molecule has 0 aromatic heterocycles. The molecule has 0 bridgehead atoms. The second kappa shape index (κ2) is 6.94. The van der Waals surface area contributed by atoms with E-state index in [1.54, 1.807) is 6.07 Å². The molecule has 0 heterocycles. The molecular formula is C14H21NO2. The molecule has 0 amide bonds. The van der Waals surface area contributed by atoms with Crippen LogP contribution in [0, 0.1) is 0 Å². The number of ether oxygens (including phenoxy) is 1. The summed E-state index contributed by atoms with van der Waals surface area (Å²) in [4.78, 5) is 11.6. The van der Waals surface area contributed by atoms with Crippen molar-refractivity contribution >= 4 is 11.7 Å². The van der Waals surface area contributed by atoms with Crippen LogP contribution in [0.5, 0.6) is 0 Å². The molecular weight excluding hydrogens is 214 g/mol. The number of anilines is 1. The van der Waals surface area contributed by atoms with Gasteiger partial charge in [0.2, 0.25) is 0 Å². The number of esters is 1. The Morgan fingerprint density at radius 3 is 2.65 bits per heavy atom. The molecule has 1 unspecified atom stereocenters. The van der Waals surface area contributed by atoms with Gasteiger partial charge in [0.15, 0.2) is 0 Å². The maximum atomic E-state index is 11.6. The van der Waals surface area contributed by atoms with Gasteiger partial charge in [-0.05, 0) is 25.0 Å². The third-order valence-electron chi connectivity index (χ3n) is 2.82. The van der Waals surface area contributed by atoms with E-state index in [0.29, 0.717) is 11.6 Å². The predicted molar refractivity (Wildman–Crippen MR) is 70.4 cm³/mol. The second-order valence-corrected chi connectivity index (χ2v) is 4.08. The Kier molecular flexibility index (Phi) is 5.53. The maximum Gasteiger partial charge on any atom is 0.339 e. The van der Waals surface area contributed by atoms with Gasteiger partial charge in [0, 0.05) is 11.7 Å². The lowest BCUT2D eigenvalue weighted by atomic mass is 10.1. The summed E-state index contributed by atoms with van der Waals surface area (Å²) in [5.41, 5.74) is 1.46. The monoisotopic (exact) mass is 235 g/mol. The smallest absolute Gasteiger partial charge is 0.339 e. The van der Waals surface area contributed by atoms with Gasteiger partial charge < -0.3 is 10.1 Å². The van der Waals surface area contributed by atoms with Crippen molar-refractivity contribution in [3.05, 3.63) is 29.8 Å². The second-order valence-electron chi connectivity index (χ2n) is 4.08. The number of nitrogens with one attached hydrogen (secondary N) is 1. The average molecular weight is 235 g/mol. The Labute approximate surface area is 103 Å². The molecule has 1 rings (SSSR count). The van der Waals surface area contributed by atoms with Crippen LogP contribution in [0.4, 0.5) is 5.69 Å². The zero-order valence-electron chi connectivity index (χ0n) is 10.8. The standard InChI is InChI=1S/C14H21NO2/c1-4-8-11(5-2)15-13-10-7-6-9-12(13)14(16)17-3/h6-7,9-11,15H,4-5,8H2,1-3H3. The fraction of sp³-hybridized carbons (Fsp3) is 0.500. The van der Waals surface area contributed by atoms with Crippen molar-refractivity contribution in [3.8, 4) is 0 Å². The van der Waals surface area contributed by atoms with E-state index in [2.05, 4.69) is 19.2 Å². The Balaban J connectivity index is 2.85. The van der Waals surface area contributed by atoms with Crippen LogP contribution in [0.15, 0.2) is 24.3 Å². The lowest BCUT2D eigenvalue weighted by Crippen LogP contribution is -2.20. The minimum absolute atomic E-state index is 0.292. The molecule has 0 fully saturated rings. The molecule has 1 atom stereocenters. The Morgan fingerprint density at radius 2 is 2.06 bits per heavy atom. The van der Waals surface area contributed by atoms with Crippen LogP contribution in [0.1, 0.15) is 43.5 Å². The van der Waals surface area contributed by atoms with Gasteiger partial charge in [-0.2, -0.15) is 0 Å². The summed E-state index contributed by atoms with van der Waals surface area (Å²) in [6.07, 6.45) is 3.28. The fourth-order valence-electron chi connectivity index (χ4n) is 1.84. The first-order valence-electron chi connectivity index (χ1n) is 6.16. The first-order valence-corrected chi connectivity index (χ1v) is 6.16. The summed E-state index contributed by atoms with van der Waals surface area (Å²) in [6.45, 7) is 4.31. The number of carbonyl (C=O) groups excluding carboxylic acids is 1.